The van der Waals surface area contributed by atoms with Crippen molar-refractivity contribution in [3.8, 4) is 5.88 Å². The van der Waals surface area contributed by atoms with Crippen LogP contribution in [0.4, 0.5) is 0 Å². The van der Waals surface area contributed by atoms with Crippen LogP contribution in [-0.2, 0) is 9.53 Å². The van der Waals surface area contributed by atoms with E-state index in [-0.39, 0.29) is 5.97 Å². The second kappa shape index (κ2) is 8.89. The van der Waals surface area contributed by atoms with Gasteiger partial charge >= 0.3 is 5.97 Å². The first-order valence-corrected chi connectivity index (χ1v) is 8.45. The molecule has 0 spiro atoms. The number of hydrogen-bond donors (Lipinski definition) is 0. The van der Waals surface area contributed by atoms with Crippen molar-refractivity contribution in [3.63, 3.8) is 0 Å². The highest BCUT2D eigenvalue weighted by atomic mass is 79.9. The minimum absolute atomic E-state index is 0.205. The Hall–Kier alpha value is -1.59. The molecule has 1 aliphatic rings. The van der Waals surface area contributed by atoms with Crippen molar-refractivity contribution in [2.45, 2.75) is 26.2 Å². The largest absolute Gasteiger partial charge is 0.466 e. The molecular weight excluding hydrogens is 382 g/mol. The summed E-state index contributed by atoms with van der Waals surface area (Å²) in [7, 11) is 0. The Kier molecular flexibility index (Phi) is 6.86. The number of allylic oxidation sites excluding steroid dienone is 5. The number of aromatic nitrogens is 1. The molecule has 4 nitrogen and oxygen atoms in total. The zero-order chi connectivity index (χ0) is 16.7. The lowest BCUT2D eigenvalue weighted by Gasteiger charge is -2.13. The van der Waals surface area contributed by atoms with E-state index >= 15 is 0 Å². The minimum Gasteiger partial charge on any atom is -0.466 e. The molecule has 0 bridgehead atoms. The molecule has 23 heavy (non-hydrogen) atoms. The SMILES string of the molecule is CCOC(=O)CCC1=C(Cl)CC(=COc2cccc(Br)n2)C=C1. The first-order valence-electron chi connectivity index (χ1n) is 7.28. The molecule has 1 aromatic rings. The summed E-state index contributed by atoms with van der Waals surface area (Å²) in [4.78, 5) is 15.6. The first kappa shape index (κ1) is 17.8. The highest BCUT2D eigenvalue weighted by molar-refractivity contribution is 9.10. The topological polar surface area (TPSA) is 48.4 Å². The molecule has 1 aromatic heterocycles. The molecule has 0 aliphatic heterocycles. The molecule has 0 fully saturated rings. The molecule has 0 radical (unpaired) electrons. The van der Waals surface area contributed by atoms with Crippen molar-refractivity contribution in [2.75, 3.05) is 6.61 Å². The zero-order valence-electron chi connectivity index (χ0n) is 12.7. The quantitative estimate of drug-likeness (QED) is 0.388. The van der Waals surface area contributed by atoms with E-state index in [1.54, 1.807) is 19.3 Å². The number of halogens is 2. The number of carbonyl (C=O) groups is 1. The first-order chi connectivity index (χ1) is 11.1. The molecule has 1 aliphatic carbocycles. The van der Waals surface area contributed by atoms with Gasteiger partial charge in [-0.05, 0) is 46.5 Å². The van der Waals surface area contributed by atoms with Crippen LogP contribution in [0, 0.1) is 0 Å². The van der Waals surface area contributed by atoms with Gasteiger partial charge in [-0.15, -0.1) is 0 Å². The van der Waals surface area contributed by atoms with Crippen molar-refractivity contribution in [3.05, 3.63) is 57.4 Å². The maximum atomic E-state index is 11.4. The van der Waals surface area contributed by atoms with Gasteiger partial charge in [0.15, 0.2) is 0 Å². The lowest BCUT2D eigenvalue weighted by molar-refractivity contribution is -0.143. The van der Waals surface area contributed by atoms with Crippen LogP contribution in [0.5, 0.6) is 5.88 Å². The Morgan fingerprint density at radius 2 is 2.26 bits per heavy atom. The summed E-state index contributed by atoms with van der Waals surface area (Å²) in [5, 5.41) is 0.717. The number of esters is 1. The van der Waals surface area contributed by atoms with Crippen LogP contribution in [0.1, 0.15) is 26.2 Å². The van der Waals surface area contributed by atoms with Gasteiger partial charge in [-0.2, -0.15) is 0 Å². The summed E-state index contributed by atoms with van der Waals surface area (Å²) >= 11 is 9.60. The van der Waals surface area contributed by atoms with Crippen LogP contribution in [-0.4, -0.2) is 17.6 Å². The van der Waals surface area contributed by atoms with E-state index in [9.17, 15) is 4.79 Å². The average molecular weight is 399 g/mol. The van der Waals surface area contributed by atoms with Crippen LogP contribution in [0.2, 0.25) is 0 Å². The van der Waals surface area contributed by atoms with Crippen molar-refractivity contribution in [1.29, 1.82) is 0 Å². The third-order valence-corrected chi connectivity index (χ3v) is 3.95. The van der Waals surface area contributed by atoms with Crippen molar-refractivity contribution in [2.24, 2.45) is 0 Å². The fourth-order valence-electron chi connectivity index (χ4n) is 2.01. The molecule has 0 unspecified atom stereocenters. The van der Waals surface area contributed by atoms with Crippen LogP contribution < -0.4 is 4.74 Å². The predicted molar refractivity (Wildman–Crippen MR) is 93.2 cm³/mol. The van der Waals surface area contributed by atoms with Gasteiger partial charge in [0.05, 0.1) is 12.9 Å². The van der Waals surface area contributed by atoms with Crippen LogP contribution in [0.25, 0.3) is 0 Å². The molecule has 122 valence electrons. The minimum atomic E-state index is -0.205. The van der Waals surface area contributed by atoms with E-state index < -0.39 is 0 Å². The van der Waals surface area contributed by atoms with Crippen molar-refractivity contribution in [1.82, 2.24) is 4.98 Å². The average Bonchev–Trinajstić information content (AvgIpc) is 2.52. The third kappa shape index (κ3) is 5.84. The van der Waals surface area contributed by atoms with Gasteiger partial charge in [0, 0.05) is 23.9 Å². The van der Waals surface area contributed by atoms with Crippen molar-refractivity contribution < 1.29 is 14.3 Å². The molecule has 0 aromatic carbocycles. The molecule has 0 saturated carbocycles. The number of ether oxygens (including phenoxy) is 2. The lowest BCUT2D eigenvalue weighted by Crippen LogP contribution is -2.05. The molecule has 0 saturated heterocycles. The monoisotopic (exact) mass is 397 g/mol. The van der Waals surface area contributed by atoms with Gasteiger partial charge in [0.1, 0.15) is 4.60 Å². The second-order valence-electron chi connectivity index (χ2n) is 4.85. The number of hydrogen-bond acceptors (Lipinski definition) is 4. The Balaban J connectivity index is 1.91. The Morgan fingerprint density at radius 3 is 2.96 bits per heavy atom. The molecule has 6 heteroatoms. The molecule has 0 amide bonds. The fraction of sp³-hybridized carbons (Fsp3) is 0.294. The van der Waals surface area contributed by atoms with Crippen molar-refractivity contribution >= 4 is 33.5 Å². The molecule has 0 atom stereocenters. The highest BCUT2D eigenvalue weighted by Gasteiger charge is 2.12. The number of rotatable bonds is 6. The Labute approximate surface area is 149 Å². The van der Waals surface area contributed by atoms with E-state index in [1.165, 1.54) is 0 Å². The summed E-state index contributed by atoms with van der Waals surface area (Å²) in [5.74, 6) is 0.303. The van der Waals surface area contributed by atoms with E-state index in [1.807, 2.05) is 24.3 Å². The van der Waals surface area contributed by atoms with Gasteiger partial charge in [-0.25, -0.2) is 4.98 Å². The number of carbonyl (C=O) groups excluding carboxylic acids is 1. The summed E-state index contributed by atoms with van der Waals surface area (Å²) in [6.07, 6.45) is 6.97. The van der Waals surface area contributed by atoms with Crippen LogP contribution in [0.15, 0.2) is 57.4 Å². The highest BCUT2D eigenvalue weighted by Crippen LogP contribution is 2.29. The fourth-order valence-corrected chi connectivity index (χ4v) is 2.65. The molecule has 0 N–H and O–H groups in total. The number of pyridine rings is 1. The maximum Gasteiger partial charge on any atom is 0.306 e. The predicted octanol–water partition coefficient (Wildman–Crippen LogP) is 4.90. The molecule has 1 heterocycles. The standard InChI is InChI=1S/C17H17BrClNO3/c1-2-22-17(21)9-8-13-7-6-12(10-14(13)19)11-23-16-5-3-4-15(18)20-16/h3-7,11H,2,8-10H2,1H3. The van der Waals surface area contributed by atoms with E-state index in [0.717, 1.165) is 11.1 Å². The summed E-state index contributed by atoms with van der Waals surface area (Å²) in [6.45, 7) is 2.19. The van der Waals surface area contributed by atoms with Gasteiger partial charge in [-0.1, -0.05) is 29.8 Å². The number of nitrogens with zero attached hydrogens (tertiary/aromatic N) is 1. The zero-order valence-corrected chi connectivity index (χ0v) is 15.1. The summed E-state index contributed by atoms with van der Waals surface area (Å²) in [6, 6.07) is 5.45. The lowest BCUT2D eigenvalue weighted by atomic mass is 9.99. The molecule has 2 rings (SSSR count). The van der Waals surface area contributed by atoms with Gasteiger partial charge in [-0.3, -0.25) is 4.79 Å². The van der Waals surface area contributed by atoms with Gasteiger partial charge < -0.3 is 9.47 Å². The van der Waals surface area contributed by atoms with Crippen LogP contribution >= 0.6 is 27.5 Å². The second-order valence-corrected chi connectivity index (χ2v) is 6.12. The van der Waals surface area contributed by atoms with E-state index in [4.69, 9.17) is 21.1 Å². The third-order valence-electron chi connectivity index (χ3n) is 3.13. The van der Waals surface area contributed by atoms with Gasteiger partial charge in [0.25, 0.3) is 0 Å². The summed E-state index contributed by atoms with van der Waals surface area (Å²) < 4.78 is 11.2. The van der Waals surface area contributed by atoms with E-state index in [2.05, 4.69) is 20.9 Å². The van der Waals surface area contributed by atoms with Crippen LogP contribution in [0.3, 0.4) is 0 Å². The maximum absolute atomic E-state index is 11.4. The normalized spacial score (nSPS) is 15.9. The van der Waals surface area contributed by atoms with E-state index in [0.29, 0.717) is 41.4 Å². The molecular formula is C17H17BrClNO3. The van der Waals surface area contributed by atoms with Gasteiger partial charge in [0.2, 0.25) is 5.88 Å². The smallest absolute Gasteiger partial charge is 0.306 e. The Morgan fingerprint density at radius 1 is 1.43 bits per heavy atom. The summed E-state index contributed by atoms with van der Waals surface area (Å²) in [5.41, 5.74) is 1.90. The Bertz CT molecular complexity index is 668.